The van der Waals surface area contributed by atoms with Crippen molar-refractivity contribution < 1.29 is 9.59 Å². The SMILES string of the molecule is CBC(=O)BC(C)=O. The number of carbonyl (C=O) groups excluding carboxylic acids is 2. The first-order valence-electron chi connectivity index (χ1n) is 2.68. The lowest BCUT2D eigenvalue weighted by Crippen LogP contribution is -2.19. The molecule has 8 heavy (non-hydrogen) atoms. The fourth-order valence-corrected chi connectivity index (χ4v) is 0.403. The number of hydrogen-bond acceptors (Lipinski definition) is 2. The van der Waals surface area contributed by atoms with E-state index in [2.05, 4.69) is 0 Å². The minimum absolute atomic E-state index is 0.0255. The molecule has 0 aliphatic carbocycles. The van der Waals surface area contributed by atoms with Crippen molar-refractivity contribution >= 4 is 25.8 Å². The molecule has 0 N–H and O–H groups in total. The van der Waals surface area contributed by atoms with E-state index in [0.29, 0.717) is 7.28 Å². The second-order valence-corrected chi connectivity index (χ2v) is 1.77. The van der Waals surface area contributed by atoms with Crippen molar-refractivity contribution in [2.24, 2.45) is 0 Å². The standard InChI is InChI=1S/C4H8B2O2/c1-3(7)6-4(8)5-2/h5-6H,1-2H3. The first-order valence-corrected chi connectivity index (χ1v) is 2.68. The molecular formula is C4H8B2O2. The summed E-state index contributed by atoms with van der Waals surface area (Å²) < 4.78 is 0. The summed E-state index contributed by atoms with van der Waals surface area (Å²) in [6.45, 7) is 3.18. The van der Waals surface area contributed by atoms with Gasteiger partial charge >= 0.3 is 0 Å². The van der Waals surface area contributed by atoms with Gasteiger partial charge < -0.3 is 9.59 Å². The third kappa shape index (κ3) is 3.65. The van der Waals surface area contributed by atoms with Crippen LogP contribution < -0.4 is 0 Å². The van der Waals surface area contributed by atoms with Crippen LogP contribution in [-0.2, 0) is 4.79 Å². The summed E-state index contributed by atoms with van der Waals surface area (Å²) in [6.07, 6.45) is 0. The van der Waals surface area contributed by atoms with Crippen molar-refractivity contribution in [3.05, 3.63) is 0 Å². The van der Waals surface area contributed by atoms with Crippen LogP contribution in [-0.4, -0.2) is 25.8 Å². The molecule has 2 nitrogen and oxygen atoms in total. The lowest BCUT2D eigenvalue weighted by molar-refractivity contribution is -0.110. The molecule has 0 atom stereocenters. The monoisotopic (exact) mass is 110 g/mol. The fourth-order valence-electron chi connectivity index (χ4n) is 0.403. The quantitative estimate of drug-likeness (QED) is 0.462. The van der Waals surface area contributed by atoms with E-state index in [0.717, 1.165) is 0 Å². The highest BCUT2D eigenvalue weighted by Crippen LogP contribution is 1.71. The Morgan fingerprint density at radius 3 is 2.00 bits per heavy atom. The Kier molecular flexibility index (Phi) is 3.24. The molecule has 0 aromatic rings. The van der Waals surface area contributed by atoms with Gasteiger partial charge in [-0.05, 0) is 6.92 Å². The van der Waals surface area contributed by atoms with Crippen molar-refractivity contribution in [1.82, 2.24) is 0 Å². The fraction of sp³-hybridized carbons (Fsp3) is 0.500. The van der Waals surface area contributed by atoms with E-state index >= 15 is 0 Å². The second kappa shape index (κ2) is 3.47. The molecule has 0 aliphatic heterocycles. The van der Waals surface area contributed by atoms with Crippen molar-refractivity contribution in [2.45, 2.75) is 13.7 Å². The number of rotatable bonds is 3. The Morgan fingerprint density at radius 2 is 1.88 bits per heavy atom. The highest BCUT2D eigenvalue weighted by Gasteiger charge is 2.04. The van der Waals surface area contributed by atoms with Gasteiger partial charge in [0, 0.05) is 0 Å². The van der Waals surface area contributed by atoms with Crippen molar-refractivity contribution in [2.75, 3.05) is 0 Å². The molecule has 0 aliphatic rings. The minimum atomic E-state index is -0.0446. The van der Waals surface area contributed by atoms with Crippen molar-refractivity contribution in [1.29, 1.82) is 0 Å². The Bertz CT molecular complexity index is 111. The number of hydrogen-bond donors (Lipinski definition) is 0. The molecule has 0 amide bonds. The predicted molar refractivity (Wildman–Crippen MR) is 36.2 cm³/mol. The lowest BCUT2D eigenvalue weighted by atomic mass is 9.53. The van der Waals surface area contributed by atoms with Crippen LogP contribution in [0.2, 0.25) is 6.82 Å². The summed E-state index contributed by atoms with van der Waals surface area (Å²) in [7, 11) is 0.579. The predicted octanol–water partition coefficient (Wildman–Crippen LogP) is -0.426. The van der Waals surface area contributed by atoms with Gasteiger partial charge in [-0.3, -0.25) is 0 Å². The van der Waals surface area contributed by atoms with Crippen LogP contribution in [0.5, 0.6) is 0 Å². The normalized spacial score (nSPS) is 7.75. The van der Waals surface area contributed by atoms with E-state index in [1.54, 1.807) is 6.82 Å². The largest absolute Gasteiger partial charge is 0.322 e. The zero-order valence-corrected chi connectivity index (χ0v) is 5.23. The Hall–Kier alpha value is -0.530. The van der Waals surface area contributed by atoms with E-state index in [1.165, 1.54) is 6.92 Å². The van der Waals surface area contributed by atoms with Gasteiger partial charge in [0.15, 0.2) is 7.28 Å². The maximum atomic E-state index is 10.4. The smallest absolute Gasteiger partial charge is 0.271 e. The molecule has 0 spiro atoms. The van der Waals surface area contributed by atoms with Crippen LogP contribution in [0.1, 0.15) is 6.92 Å². The maximum absolute atomic E-state index is 10.4. The summed E-state index contributed by atoms with van der Waals surface area (Å²) in [4.78, 5) is 20.6. The zero-order valence-electron chi connectivity index (χ0n) is 5.23. The summed E-state index contributed by atoms with van der Waals surface area (Å²) in [5.41, 5.74) is -0.0191. The molecule has 0 aromatic carbocycles. The van der Waals surface area contributed by atoms with E-state index in [4.69, 9.17) is 0 Å². The molecule has 0 saturated carbocycles. The lowest BCUT2D eigenvalue weighted by Gasteiger charge is -1.83. The molecule has 0 aromatic heterocycles. The highest BCUT2D eigenvalue weighted by molar-refractivity contribution is 7.14. The van der Waals surface area contributed by atoms with Gasteiger partial charge in [-0.15, -0.1) is 0 Å². The molecule has 0 heterocycles. The average Bonchev–Trinajstić information content (AvgIpc) is 1.65. The Labute approximate surface area is 50.1 Å². The molecule has 0 saturated heterocycles. The average molecular weight is 110 g/mol. The Morgan fingerprint density at radius 1 is 1.38 bits per heavy atom. The zero-order chi connectivity index (χ0) is 6.57. The third-order valence-corrected chi connectivity index (χ3v) is 0.840. The molecule has 0 bridgehead atoms. The van der Waals surface area contributed by atoms with Crippen LogP contribution in [0.4, 0.5) is 4.79 Å². The molecule has 0 unspecified atom stereocenters. The first kappa shape index (κ1) is 7.47. The summed E-state index contributed by atoms with van der Waals surface area (Å²) in [5.74, 6) is 0. The van der Waals surface area contributed by atoms with Gasteiger partial charge in [-0.2, -0.15) is 0 Å². The van der Waals surface area contributed by atoms with Crippen LogP contribution in [0.25, 0.3) is 0 Å². The van der Waals surface area contributed by atoms with E-state index in [9.17, 15) is 9.59 Å². The van der Waals surface area contributed by atoms with Gasteiger partial charge in [0.2, 0.25) is 0 Å². The molecule has 0 radical (unpaired) electrons. The van der Waals surface area contributed by atoms with Crippen molar-refractivity contribution in [3.63, 3.8) is 0 Å². The second-order valence-electron chi connectivity index (χ2n) is 1.77. The Balaban J connectivity index is 3.40. The van der Waals surface area contributed by atoms with Gasteiger partial charge in [-0.1, -0.05) is 6.82 Å². The highest BCUT2D eigenvalue weighted by atomic mass is 16.1. The number of carbonyl (C=O) groups is 2. The van der Waals surface area contributed by atoms with Gasteiger partial charge in [-0.25, -0.2) is 0 Å². The van der Waals surface area contributed by atoms with E-state index in [-0.39, 0.29) is 18.5 Å². The maximum Gasteiger partial charge on any atom is 0.271 e. The topological polar surface area (TPSA) is 34.1 Å². The summed E-state index contributed by atoms with van der Waals surface area (Å²) >= 11 is 0. The van der Waals surface area contributed by atoms with Crippen LogP contribution in [0.3, 0.4) is 0 Å². The van der Waals surface area contributed by atoms with Crippen molar-refractivity contribution in [3.8, 4) is 0 Å². The van der Waals surface area contributed by atoms with E-state index < -0.39 is 0 Å². The van der Waals surface area contributed by atoms with E-state index in [1.807, 2.05) is 0 Å². The summed E-state index contributed by atoms with van der Waals surface area (Å²) in [6, 6.07) is 0. The molecule has 42 valence electrons. The molecule has 0 rings (SSSR count). The molecular weight excluding hydrogens is 102 g/mol. The first-order chi connectivity index (χ1) is 3.66. The van der Waals surface area contributed by atoms with Crippen LogP contribution in [0, 0.1) is 0 Å². The van der Waals surface area contributed by atoms with Gasteiger partial charge in [0.25, 0.3) is 7.28 Å². The van der Waals surface area contributed by atoms with Crippen LogP contribution in [0.15, 0.2) is 0 Å². The third-order valence-electron chi connectivity index (χ3n) is 0.840. The molecule has 4 heteroatoms. The summed E-state index contributed by atoms with van der Waals surface area (Å²) in [5, 5.41) is 0. The van der Waals surface area contributed by atoms with Crippen LogP contribution >= 0.6 is 0 Å². The minimum Gasteiger partial charge on any atom is -0.322 e. The van der Waals surface area contributed by atoms with Gasteiger partial charge in [0.1, 0.15) is 0 Å². The molecule has 0 fully saturated rings. The van der Waals surface area contributed by atoms with Gasteiger partial charge in [0.05, 0.1) is 11.3 Å².